The summed E-state index contributed by atoms with van der Waals surface area (Å²) >= 11 is 6.07. The molecule has 0 radical (unpaired) electrons. The summed E-state index contributed by atoms with van der Waals surface area (Å²) in [5.41, 5.74) is 1.20. The minimum atomic E-state index is 0.0369. The molecule has 0 aromatic heterocycles. The summed E-state index contributed by atoms with van der Waals surface area (Å²) in [4.78, 5) is 0. The van der Waals surface area contributed by atoms with Crippen LogP contribution in [0.2, 0.25) is 5.02 Å². The molecule has 0 atom stereocenters. The molecule has 0 spiro atoms. The van der Waals surface area contributed by atoms with Gasteiger partial charge >= 0.3 is 0 Å². The van der Waals surface area contributed by atoms with Crippen LogP contribution < -0.4 is 10.1 Å². The van der Waals surface area contributed by atoms with E-state index in [1.807, 2.05) is 24.3 Å². The van der Waals surface area contributed by atoms with E-state index in [4.69, 9.17) is 16.3 Å². The van der Waals surface area contributed by atoms with Crippen LogP contribution in [0.1, 0.15) is 32.8 Å². The average molecular weight is 283 g/mol. The first-order valence-electron chi connectivity index (χ1n) is 6.80. The van der Waals surface area contributed by atoms with E-state index >= 15 is 0 Å². The lowest BCUT2D eigenvalue weighted by molar-refractivity contribution is -0.646. The molecular weight excluding hydrogens is 258 g/mol. The highest BCUT2D eigenvalue weighted by Crippen LogP contribution is 2.33. The van der Waals surface area contributed by atoms with Crippen molar-refractivity contribution in [1.82, 2.24) is 0 Å². The Balaban J connectivity index is 2.56. The van der Waals surface area contributed by atoms with E-state index in [-0.39, 0.29) is 5.41 Å². The van der Waals surface area contributed by atoms with Crippen LogP contribution in [0.25, 0.3) is 0 Å². The summed E-state index contributed by atoms with van der Waals surface area (Å²) in [7, 11) is 0. The van der Waals surface area contributed by atoms with Crippen LogP contribution in [-0.2, 0) is 5.41 Å². The first-order valence-corrected chi connectivity index (χ1v) is 7.18. The predicted octanol–water partition coefficient (Wildman–Crippen LogP) is 3.16. The molecule has 0 aliphatic carbocycles. The third-order valence-corrected chi connectivity index (χ3v) is 3.13. The van der Waals surface area contributed by atoms with Gasteiger partial charge in [-0.1, -0.05) is 39.0 Å². The lowest BCUT2D eigenvalue weighted by Gasteiger charge is -2.23. The molecule has 2 nitrogen and oxygen atoms in total. The number of hydrogen-bond donors (Lipinski definition) is 1. The van der Waals surface area contributed by atoms with Crippen molar-refractivity contribution >= 4 is 11.6 Å². The second-order valence-electron chi connectivity index (χ2n) is 5.69. The Kier molecular flexibility index (Phi) is 6.40. The molecule has 3 heteroatoms. The van der Waals surface area contributed by atoms with Gasteiger partial charge < -0.3 is 10.1 Å². The maximum absolute atomic E-state index is 6.07. The molecule has 0 unspecified atom stereocenters. The van der Waals surface area contributed by atoms with Gasteiger partial charge in [0.15, 0.2) is 0 Å². The second kappa shape index (κ2) is 7.56. The average Bonchev–Trinajstić information content (AvgIpc) is 2.34. The molecule has 106 valence electrons. The molecule has 0 saturated heterocycles. The van der Waals surface area contributed by atoms with Crippen LogP contribution in [0.3, 0.4) is 0 Å². The van der Waals surface area contributed by atoms with Crippen molar-refractivity contribution in [2.45, 2.75) is 32.6 Å². The first kappa shape index (κ1) is 16.1. The summed E-state index contributed by atoms with van der Waals surface area (Å²) in [5, 5.41) is 2.99. The molecule has 0 amide bonds. The van der Waals surface area contributed by atoms with E-state index in [0.717, 1.165) is 42.5 Å². The lowest BCUT2D eigenvalue weighted by atomic mass is 9.86. The second-order valence-corrected chi connectivity index (χ2v) is 6.13. The lowest BCUT2D eigenvalue weighted by Crippen LogP contribution is -2.84. The van der Waals surface area contributed by atoms with Crippen LogP contribution in [0.5, 0.6) is 5.75 Å². The van der Waals surface area contributed by atoms with E-state index in [0.29, 0.717) is 0 Å². The fourth-order valence-corrected chi connectivity index (χ4v) is 2.03. The number of nitrogens with two attached hydrogens (primary N) is 1. The third-order valence-electron chi connectivity index (χ3n) is 2.89. The number of hydrogen-bond acceptors (Lipinski definition) is 1. The predicted molar refractivity (Wildman–Crippen MR) is 82.1 cm³/mol. The molecule has 0 aliphatic rings. The molecule has 0 fully saturated rings. The minimum Gasteiger partial charge on any atom is -0.493 e. The maximum atomic E-state index is 6.07. The highest BCUT2D eigenvalue weighted by Gasteiger charge is 2.19. The Morgan fingerprint density at radius 1 is 1.37 bits per heavy atom. The summed E-state index contributed by atoms with van der Waals surface area (Å²) in [5.74, 6) is 0.945. The molecular formula is C16H25ClNO+. The van der Waals surface area contributed by atoms with E-state index in [2.05, 4.69) is 32.7 Å². The Labute approximate surface area is 121 Å². The zero-order chi connectivity index (χ0) is 14.3. The minimum absolute atomic E-state index is 0.0369. The van der Waals surface area contributed by atoms with E-state index < -0.39 is 0 Å². The van der Waals surface area contributed by atoms with Gasteiger partial charge in [-0.2, -0.15) is 0 Å². The van der Waals surface area contributed by atoms with Gasteiger partial charge in [-0.3, -0.25) is 0 Å². The smallest absolute Gasteiger partial charge is 0.123 e. The Hall–Kier alpha value is -0.990. The van der Waals surface area contributed by atoms with Gasteiger partial charge in [0.25, 0.3) is 0 Å². The highest BCUT2D eigenvalue weighted by molar-refractivity contribution is 6.30. The summed E-state index contributed by atoms with van der Waals surface area (Å²) in [6.45, 7) is 13.0. The molecule has 1 aromatic rings. The summed E-state index contributed by atoms with van der Waals surface area (Å²) < 4.78 is 5.89. The van der Waals surface area contributed by atoms with Crippen molar-refractivity contribution in [2.24, 2.45) is 0 Å². The quantitative estimate of drug-likeness (QED) is 0.603. The standard InChI is InChI=1S/C16H24ClNO/c1-5-9-18-10-6-11-19-15-8-7-13(17)12-14(15)16(2,3)4/h5,7-8,12,18H,1,6,9-11H2,2-4H3/p+1. The van der Waals surface area contributed by atoms with Gasteiger partial charge in [0.05, 0.1) is 19.7 Å². The first-order chi connectivity index (χ1) is 8.95. The van der Waals surface area contributed by atoms with E-state index in [1.165, 1.54) is 0 Å². The van der Waals surface area contributed by atoms with Gasteiger partial charge in [0.2, 0.25) is 0 Å². The maximum Gasteiger partial charge on any atom is 0.123 e. The van der Waals surface area contributed by atoms with Crippen molar-refractivity contribution in [3.05, 3.63) is 41.4 Å². The molecule has 1 aromatic carbocycles. The summed E-state index contributed by atoms with van der Waals surface area (Å²) in [6.07, 6.45) is 2.94. The molecule has 2 N–H and O–H groups in total. The van der Waals surface area contributed by atoms with Crippen molar-refractivity contribution < 1.29 is 10.1 Å². The van der Waals surface area contributed by atoms with Crippen molar-refractivity contribution in [1.29, 1.82) is 0 Å². The van der Waals surface area contributed by atoms with Crippen LogP contribution in [-0.4, -0.2) is 19.7 Å². The van der Waals surface area contributed by atoms with Crippen LogP contribution >= 0.6 is 11.6 Å². The third kappa shape index (κ3) is 5.66. The molecule has 0 saturated carbocycles. The number of quaternary nitrogens is 1. The van der Waals surface area contributed by atoms with Gasteiger partial charge in [-0.25, -0.2) is 0 Å². The Morgan fingerprint density at radius 2 is 2.11 bits per heavy atom. The number of halogens is 1. The monoisotopic (exact) mass is 282 g/mol. The molecule has 0 heterocycles. The van der Waals surface area contributed by atoms with Gasteiger partial charge in [-0.05, 0) is 29.7 Å². The number of ether oxygens (including phenoxy) is 1. The van der Waals surface area contributed by atoms with Gasteiger partial charge in [-0.15, -0.1) is 0 Å². The van der Waals surface area contributed by atoms with Crippen LogP contribution in [0, 0.1) is 0 Å². The van der Waals surface area contributed by atoms with E-state index in [9.17, 15) is 0 Å². The van der Waals surface area contributed by atoms with Crippen molar-refractivity contribution in [2.75, 3.05) is 19.7 Å². The zero-order valence-corrected chi connectivity index (χ0v) is 13.0. The van der Waals surface area contributed by atoms with Gasteiger partial charge in [0, 0.05) is 17.0 Å². The van der Waals surface area contributed by atoms with Crippen molar-refractivity contribution in [3.63, 3.8) is 0 Å². The normalized spacial score (nSPS) is 11.4. The molecule has 1 rings (SSSR count). The van der Waals surface area contributed by atoms with Crippen LogP contribution in [0.15, 0.2) is 30.9 Å². The Bertz CT molecular complexity index is 410. The fourth-order valence-electron chi connectivity index (χ4n) is 1.86. The molecule has 0 bridgehead atoms. The number of rotatable bonds is 7. The van der Waals surface area contributed by atoms with Crippen molar-refractivity contribution in [3.8, 4) is 5.75 Å². The SMILES string of the molecule is C=CC[NH2+]CCCOc1ccc(Cl)cc1C(C)(C)C. The Morgan fingerprint density at radius 3 is 2.74 bits per heavy atom. The largest absolute Gasteiger partial charge is 0.493 e. The van der Waals surface area contributed by atoms with Gasteiger partial charge in [0.1, 0.15) is 5.75 Å². The summed E-state index contributed by atoms with van der Waals surface area (Å²) in [6, 6.07) is 5.85. The topological polar surface area (TPSA) is 25.8 Å². The van der Waals surface area contributed by atoms with E-state index in [1.54, 1.807) is 0 Å². The molecule has 0 aliphatic heterocycles. The fraction of sp³-hybridized carbons (Fsp3) is 0.500. The molecule has 19 heavy (non-hydrogen) atoms. The highest BCUT2D eigenvalue weighted by atomic mass is 35.5. The number of benzene rings is 1. The zero-order valence-electron chi connectivity index (χ0n) is 12.2. The van der Waals surface area contributed by atoms with Crippen LogP contribution in [0.4, 0.5) is 0 Å².